The van der Waals surface area contributed by atoms with Gasteiger partial charge in [-0.2, -0.15) is 5.10 Å². The number of carbonyl (C=O) groups is 1. The molecule has 0 aliphatic carbocycles. The monoisotopic (exact) mass is 456 g/mol. The van der Waals surface area contributed by atoms with Crippen molar-refractivity contribution in [1.82, 2.24) is 24.7 Å². The van der Waals surface area contributed by atoms with Crippen LogP contribution in [0, 0.1) is 0 Å². The quantitative estimate of drug-likeness (QED) is 0.378. The summed E-state index contributed by atoms with van der Waals surface area (Å²) in [4.78, 5) is 27.0. The van der Waals surface area contributed by atoms with Crippen molar-refractivity contribution in [3.8, 4) is 11.3 Å². The van der Waals surface area contributed by atoms with Crippen LogP contribution < -0.4 is 5.32 Å². The number of carbonyl (C=O) groups excluding carboxylic acids is 1. The van der Waals surface area contributed by atoms with Gasteiger partial charge in [-0.1, -0.05) is 36.4 Å². The van der Waals surface area contributed by atoms with Gasteiger partial charge < -0.3 is 5.32 Å². The third-order valence-electron chi connectivity index (χ3n) is 5.90. The van der Waals surface area contributed by atoms with E-state index in [4.69, 9.17) is 4.98 Å². The Hall–Kier alpha value is -4.91. The largest absolute Gasteiger partial charge is 0.321 e. The lowest BCUT2D eigenvalue weighted by atomic mass is 10.1. The van der Waals surface area contributed by atoms with Crippen LogP contribution in [0.3, 0.4) is 0 Å². The molecule has 7 heteroatoms. The maximum Gasteiger partial charge on any atom is 0.256 e. The first-order valence-electron chi connectivity index (χ1n) is 11.2. The van der Waals surface area contributed by atoms with Crippen LogP contribution in [0.5, 0.6) is 0 Å². The maximum atomic E-state index is 13.6. The highest BCUT2D eigenvalue weighted by molar-refractivity contribution is 6.14. The molecule has 0 fully saturated rings. The summed E-state index contributed by atoms with van der Waals surface area (Å²) in [6.45, 7) is 0.521. The number of hydrogen-bond donors (Lipinski definition) is 1. The lowest BCUT2D eigenvalue weighted by molar-refractivity contribution is 0.102. The molecule has 4 aromatic heterocycles. The highest BCUT2D eigenvalue weighted by Gasteiger charge is 2.18. The minimum Gasteiger partial charge on any atom is -0.321 e. The average Bonchev–Trinajstić information content (AvgIpc) is 3.32. The van der Waals surface area contributed by atoms with Crippen LogP contribution in [-0.2, 0) is 6.54 Å². The van der Waals surface area contributed by atoms with Gasteiger partial charge in [0.15, 0.2) is 5.65 Å². The zero-order valence-corrected chi connectivity index (χ0v) is 18.7. The van der Waals surface area contributed by atoms with Gasteiger partial charge in [0.1, 0.15) is 0 Å². The van der Waals surface area contributed by atoms with Crippen LogP contribution in [0.15, 0.2) is 104 Å². The summed E-state index contributed by atoms with van der Waals surface area (Å²) in [5.41, 5.74) is 5.36. The standard InChI is InChI=1S/C28H20N6O/c35-28(33-25-10-4-9-24-21(25)8-5-13-30-24)22-16-26(20-6-2-1-3-7-20)32-27-23(22)17-31-34(27)18-19-11-14-29-15-12-19/h1-17H,18H2,(H,33,35). The van der Waals surface area contributed by atoms with Gasteiger partial charge in [-0.3, -0.25) is 14.8 Å². The summed E-state index contributed by atoms with van der Waals surface area (Å²) in [7, 11) is 0. The molecular formula is C28H20N6O. The first-order chi connectivity index (χ1) is 17.3. The van der Waals surface area contributed by atoms with Crippen molar-refractivity contribution < 1.29 is 4.79 Å². The van der Waals surface area contributed by atoms with Gasteiger partial charge >= 0.3 is 0 Å². The summed E-state index contributed by atoms with van der Waals surface area (Å²) in [5.74, 6) is -0.227. The van der Waals surface area contributed by atoms with Gasteiger partial charge in [0.2, 0.25) is 0 Å². The number of hydrogen-bond acceptors (Lipinski definition) is 5. The van der Waals surface area contributed by atoms with Crippen molar-refractivity contribution in [2.75, 3.05) is 5.32 Å². The minimum absolute atomic E-state index is 0.227. The molecule has 0 unspecified atom stereocenters. The topological polar surface area (TPSA) is 85.6 Å². The van der Waals surface area contributed by atoms with Crippen molar-refractivity contribution in [3.05, 3.63) is 115 Å². The molecule has 35 heavy (non-hydrogen) atoms. The van der Waals surface area contributed by atoms with E-state index in [-0.39, 0.29) is 5.91 Å². The Kier molecular flexibility index (Phi) is 5.20. The number of benzene rings is 2. The van der Waals surface area contributed by atoms with Crippen LogP contribution in [0.2, 0.25) is 0 Å². The van der Waals surface area contributed by atoms with Gasteiger partial charge in [0, 0.05) is 29.5 Å². The molecule has 0 aliphatic heterocycles. The molecule has 0 bridgehead atoms. The van der Waals surface area contributed by atoms with Crippen molar-refractivity contribution in [1.29, 1.82) is 0 Å². The second-order valence-electron chi connectivity index (χ2n) is 8.15. The van der Waals surface area contributed by atoms with Crippen molar-refractivity contribution >= 4 is 33.5 Å². The molecule has 0 saturated heterocycles. The summed E-state index contributed by atoms with van der Waals surface area (Å²) in [5, 5.41) is 9.22. The molecule has 0 spiro atoms. The van der Waals surface area contributed by atoms with Gasteiger partial charge in [-0.25, -0.2) is 9.67 Å². The number of nitrogens with zero attached hydrogens (tertiary/aromatic N) is 5. The van der Waals surface area contributed by atoms with E-state index in [9.17, 15) is 4.79 Å². The number of aromatic nitrogens is 5. The number of anilines is 1. The molecule has 7 nitrogen and oxygen atoms in total. The van der Waals surface area contributed by atoms with Crippen LogP contribution in [-0.4, -0.2) is 30.6 Å². The number of pyridine rings is 3. The van der Waals surface area contributed by atoms with Gasteiger partial charge in [0.05, 0.1) is 40.6 Å². The number of rotatable bonds is 5. The van der Waals surface area contributed by atoms with Gasteiger partial charge in [-0.15, -0.1) is 0 Å². The summed E-state index contributed by atoms with van der Waals surface area (Å²) in [6, 6.07) is 25.0. The third kappa shape index (κ3) is 4.00. The van der Waals surface area contributed by atoms with E-state index < -0.39 is 0 Å². The van der Waals surface area contributed by atoms with E-state index >= 15 is 0 Å². The summed E-state index contributed by atoms with van der Waals surface area (Å²) in [6.07, 6.45) is 6.95. The van der Waals surface area contributed by atoms with Gasteiger partial charge in [0.25, 0.3) is 5.91 Å². The Morgan fingerprint density at radius 2 is 1.71 bits per heavy atom. The van der Waals surface area contributed by atoms with E-state index in [1.165, 1.54) is 0 Å². The molecule has 0 saturated carbocycles. The fourth-order valence-electron chi connectivity index (χ4n) is 4.17. The first kappa shape index (κ1) is 20.7. The summed E-state index contributed by atoms with van der Waals surface area (Å²) >= 11 is 0. The predicted molar refractivity (Wildman–Crippen MR) is 136 cm³/mol. The number of amides is 1. The van der Waals surface area contributed by atoms with Crippen LogP contribution in [0.1, 0.15) is 15.9 Å². The minimum atomic E-state index is -0.227. The fraction of sp³-hybridized carbons (Fsp3) is 0.0357. The Balaban J connectivity index is 1.47. The molecule has 0 atom stereocenters. The molecule has 0 aliphatic rings. The van der Waals surface area contributed by atoms with E-state index in [1.807, 2.05) is 83.5 Å². The SMILES string of the molecule is O=C(Nc1cccc2ncccc12)c1cc(-c2ccccc2)nc2c1cnn2Cc1ccncc1. The molecule has 168 valence electrons. The lowest BCUT2D eigenvalue weighted by Crippen LogP contribution is -2.13. The van der Waals surface area contributed by atoms with Crippen LogP contribution >= 0.6 is 0 Å². The second kappa shape index (κ2) is 8.79. The fourth-order valence-corrected chi connectivity index (χ4v) is 4.17. The molecule has 4 heterocycles. The predicted octanol–water partition coefficient (Wildman–Crippen LogP) is 5.34. The normalized spacial score (nSPS) is 11.1. The Morgan fingerprint density at radius 1 is 0.857 bits per heavy atom. The average molecular weight is 457 g/mol. The van der Waals surface area contributed by atoms with E-state index in [0.29, 0.717) is 34.5 Å². The smallest absolute Gasteiger partial charge is 0.256 e. The molecule has 1 amide bonds. The summed E-state index contributed by atoms with van der Waals surface area (Å²) < 4.78 is 1.82. The second-order valence-corrected chi connectivity index (χ2v) is 8.15. The number of nitrogens with one attached hydrogen (secondary N) is 1. The van der Waals surface area contributed by atoms with Crippen molar-refractivity contribution in [3.63, 3.8) is 0 Å². The van der Waals surface area contributed by atoms with Gasteiger partial charge in [-0.05, 0) is 48.0 Å². The zero-order chi connectivity index (χ0) is 23.6. The third-order valence-corrected chi connectivity index (χ3v) is 5.90. The van der Waals surface area contributed by atoms with Crippen LogP contribution in [0.4, 0.5) is 5.69 Å². The first-order valence-corrected chi connectivity index (χ1v) is 11.2. The molecule has 1 N–H and O–H groups in total. The molecule has 6 aromatic rings. The molecule has 2 aromatic carbocycles. The molecular weight excluding hydrogens is 436 g/mol. The maximum absolute atomic E-state index is 13.6. The Morgan fingerprint density at radius 3 is 2.57 bits per heavy atom. The molecule has 0 radical (unpaired) electrons. The molecule has 6 rings (SSSR count). The van der Waals surface area contributed by atoms with Crippen molar-refractivity contribution in [2.24, 2.45) is 0 Å². The highest BCUT2D eigenvalue weighted by Crippen LogP contribution is 2.27. The zero-order valence-electron chi connectivity index (χ0n) is 18.7. The van der Waals surface area contributed by atoms with E-state index in [1.54, 1.807) is 24.8 Å². The lowest BCUT2D eigenvalue weighted by Gasteiger charge is -2.11. The Bertz CT molecular complexity index is 1660. The Labute approximate surface area is 201 Å². The van der Waals surface area contributed by atoms with E-state index in [0.717, 1.165) is 22.0 Å². The number of fused-ring (bicyclic) bond motifs is 2. The highest BCUT2D eigenvalue weighted by atomic mass is 16.1. The van der Waals surface area contributed by atoms with E-state index in [2.05, 4.69) is 20.4 Å². The van der Waals surface area contributed by atoms with Crippen molar-refractivity contribution in [2.45, 2.75) is 6.54 Å². The van der Waals surface area contributed by atoms with Crippen LogP contribution in [0.25, 0.3) is 33.2 Å².